The zero-order valence-corrected chi connectivity index (χ0v) is 35.1. The lowest BCUT2D eigenvalue weighted by Gasteiger charge is -2.39. The Balaban J connectivity index is 0.811. The highest BCUT2D eigenvalue weighted by Gasteiger charge is 2.41. The SMILES string of the molecule is C1=CC2C3=C(C=CCC3C3=CCC(N(C4=CCC(C5=CC6C7=C(OC6C=C5)C(c5ccccc5)=CCC7)C=C4)C4=CC=C(C5=CC6=C(C=CCC6)CC5)CC4)C=C3)O[C@H]2C=C1. The van der Waals surface area contributed by atoms with Crippen LogP contribution in [0.4, 0.5) is 0 Å². The molecule has 0 fully saturated rings. The molecule has 0 saturated heterocycles. The first-order chi connectivity index (χ1) is 30.2. The molecule has 2 aliphatic heterocycles. The van der Waals surface area contributed by atoms with Gasteiger partial charge in [-0.2, -0.15) is 0 Å². The molecule has 61 heavy (non-hydrogen) atoms. The number of rotatable bonds is 7. The van der Waals surface area contributed by atoms with Crippen LogP contribution in [0.5, 0.6) is 0 Å². The smallest absolute Gasteiger partial charge is 0.127 e. The molecule has 3 heteroatoms. The average molecular weight is 798 g/mol. The molecule has 6 unspecified atom stereocenters. The first-order valence-corrected chi connectivity index (χ1v) is 23.2. The zero-order valence-electron chi connectivity index (χ0n) is 35.1. The largest absolute Gasteiger partial charge is 0.485 e. The van der Waals surface area contributed by atoms with Gasteiger partial charge in [-0.25, -0.2) is 0 Å². The second kappa shape index (κ2) is 15.6. The molecule has 0 bridgehead atoms. The molecule has 0 saturated carbocycles. The lowest BCUT2D eigenvalue weighted by Crippen LogP contribution is -2.34. The second-order valence-electron chi connectivity index (χ2n) is 18.5. The summed E-state index contributed by atoms with van der Waals surface area (Å²) in [5.74, 6) is 3.58. The highest BCUT2D eigenvalue weighted by molar-refractivity contribution is 5.80. The van der Waals surface area contributed by atoms with Gasteiger partial charge in [-0.15, -0.1) is 0 Å². The predicted octanol–water partition coefficient (Wildman–Crippen LogP) is 13.6. The highest BCUT2D eigenvalue weighted by atomic mass is 16.5. The zero-order chi connectivity index (χ0) is 40.3. The van der Waals surface area contributed by atoms with Crippen LogP contribution in [0.2, 0.25) is 0 Å². The lowest BCUT2D eigenvalue weighted by atomic mass is 9.75. The molecular weight excluding hydrogens is 743 g/mol. The van der Waals surface area contributed by atoms with E-state index < -0.39 is 0 Å². The van der Waals surface area contributed by atoms with E-state index in [4.69, 9.17) is 9.47 Å². The Labute approximate surface area is 362 Å². The maximum Gasteiger partial charge on any atom is 0.127 e. The van der Waals surface area contributed by atoms with Crippen LogP contribution in [-0.2, 0) is 9.47 Å². The first-order valence-electron chi connectivity index (χ1n) is 23.2. The van der Waals surface area contributed by atoms with Gasteiger partial charge in [-0.05, 0) is 151 Å². The van der Waals surface area contributed by atoms with Crippen LogP contribution in [0, 0.1) is 23.7 Å². The summed E-state index contributed by atoms with van der Waals surface area (Å²) in [6.07, 6.45) is 62.4. The van der Waals surface area contributed by atoms with Crippen LogP contribution in [0.1, 0.15) is 76.2 Å². The van der Waals surface area contributed by atoms with Crippen LogP contribution in [0.3, 0.4) is 0 Å². The van der Waals surface area contributed by atoms with Crippen molar-refractivity contribution in [2.24, 2.45) is 23.7 Å². The molecule has 7 atom stereocenters. The van der Waals surface area contributed by atoms with Gasteiger partial charge in [0.2, 0.25) is 0 Å². The molecule has 0 radical (unpaired) electrons. The van der Waals surface area contributed by atoms with Crippen molar-refractivity contribution in [2.45, 2.75) is 88.9 Å². The van der Waals surface area contributed by atoms with Gasteiger partial charge in [0.25, 0.3) is 0 Å². The Morgan fingerprint density at radius 1 is 0.607 bits per heavy atom. The number of hydrogen-bond acceptors (Lipinski definition) is 3. The quantitative estimate of drug-likeness (QED) is 0.274. The summed E-state index contributed by atoms with van der Waals surface area (Å²) in [7, 11) is 0. The lowest BCUT2D eigenvalue weighted by molar-refractivity contribution is 0.173. The Morgan fingerprint density at radius 3 is 2.38 bits per heavy atom. The first kappa shape index (κ1) is 37.0. The van der Waals surface area contributed by atoms with E-state index in [1.807, 2.05) is 0 Å². The normalized spacial score (nSPS) is 31.7. The topological polar surface area (TPSA) is 21.7 Å². The average Bonchev–Trinajstić information content (AvgIpc) is 3.91. The van der Waals surface area contributed by atoms with Crippen molar-refractivity contribution in [1.82, 2.24) is 4.90 Å². The number of allylic oxidation sites excluding steroid dienone is 23. The van der Waals surface area contributed by atoms with E-state index in [-0.39, 0.29) is 18.2 Å². The molecule has 0 amide bonds. The summed E-state index contributed by atoms with van der Waals surface area (Å²) in [4.78, 5) is 2.68. The second-order valence-corrected chi connectivity index (χ2v) is 18.5. The third-order valence-corrected chi connectivity index (χ3v) is 15.1. The molecule has 1 aromatic carbocycles. The third-order valence-electron chi connectivity index (χ3n) is 15.1. The minimum absolute atomic E-state index is 0.0918. The van der Waals surface area contributed by atoms with E-state index in [1.165, 1.54) is 69.7 Å². The summed E-state index contributed by atoms with van der Waals surface area (Å²) in [5, 5.41) is 0. The van der Waals surface area contributed by atoms with Crippen LogP contribution < -0.4 is 0 Å². The monoisotopic (exact) mass is 797 g/mol. The number of nitrogens with zero attached hydrogens (tertiary/aromatic N) is 1. The van der Waals surface area contributed by atoms with E-state index in [0.29, 0.717) is 23.7 Å². The maximum atomic E-state index is 6.71. The predicted molar refractivity (Wildman–Crippen MR) is 248 cm³/mol. The van der Waals surface area contributed by atoms with Gasteiger partial charge in [-0.1, -0.05) is 128 Å². The van der Waals surface area contributed by atoms with Crippen molar-refractivity contribution in [3.05, 3.63) is 231 Å². The van der Waals surface area contributed by atoms with Gasteiger partial charge >= 0.3 is 0 Å². The van der Waals surface area contributed by atoms with E-state index in [9.17, 15) is 0 Å². The van der Waals surface area contributed by atoms with Crippen molar-refractivity contribution in [3.63, 3.8) is 0 Å². The summed E-state index contributed by atoms with van der Waals surface area (Å²) in [6.45, 7) is 0. The molecular formula is C58H55NO2. The minimum atomic E-state index is 0.0918. The summed E-state index contributed by atoms with van der Waals surface area (Å²) in [6, 6.07) is 11.0. The standard InChI is InChI=1S/C58H55NO2/c1-2-11-41(12-3-1)50-16-8-17-51-53-37-45(28-35-55(53)61-58(50)51)40-24-31-47(32-25-40)59(46-29-22-39(23-30-46)44-21-20-38-10-4-5-13-43(38)36-44)48-33-26-42(27-34-48)49-15-9-19-56-57(49)52-14-6-7-18-54(52)60-56/h1-4,6-7,9-12,14,16,18-19,22,24,26-29,31-33,35-37,40,48-49,52-55H,5,8,13,15,17,20-21,23,25,30,34H2/t40?,48?,49?,52?,53?,54-,55?/m0/s1. The van der Waals surface area contributed by atoms with Crippen molar-refractivity contribution < 1.29 is 9.47 Å². The molecule has 12 rings (SSSR count). The molecule has 3 nitrogen and oxygen atoms in total. The number of benzene rings is 1. The highest BCUT2D eigenvalue weighted by Crippen LogP contribution is 2.49. The van der Waals surface area contributed by atoms with E-state index >= 15 is 0 Å². The van der Waals surface area contributed by atoms with Crippen LogP contribution in [0.15, 0.2) is 225 Å². The molecule has 1 aromatic rings. The molecule has 9 aliphatic carbocycles. The van der Waals surface area contributed by atoms with E-state index in [0.717, 1.165) is 62.9 Å². The fourth-order valence-electron chi connectivity index (χ4n) is 11.9. The molecule has 0 N–H and O–H groups in total. The van der Waals surface area contributed by atoms with Gasteiger partial charge in [0.1, 0.15) is 23.7 Å². The van der Waals surface area contributed by atoms with Crippen LogP contribution >= 0.6 is 0 Å². The van der Waals surface area contributed by atoms with Crippen molar-refractivity contribution >= 4 is 5.57 Å². The van der Waals surface area contributed by atoms with Gasteiger partial charge in [0.05, 0.1) is 6.04 Å². The van der Waals surface area contributed by atoms with Crippen molar-refractivity contribution in [3.8, 4) is 0 Å². The molecule has 304 valence electrons. The van der Waals surface area contributed by atoms with Crippen molar-refractivity contribution in [1.29, 1.82) is 0 Å². The van der Waals surface area contributed by atoms with Gasteiger partial charge < -0.3 is 14.4 Å². The molecule has 11 aliphatic rings. The van der Waals surface area contributed by atoms with Crippen LogP contribution in [0.25, 0.3) is 5.57 Å². The fourth-order valence-corrected chi connectivity index (χ4v) is 11.9. The Morgan fingerprint density at radius 2 is 1.51 bits per heavy atom. The molecule has 0 spiro atoms. The summed E-state index contributed by atoms with van der Waals surface area (Å²) >= 11 is 0. The number of fused-ring (bicyclic) bond motifs is 4. The van der Waals surface area contributed by atoms with Crippen LogP contribution in [-0.4, -0.2) is 23.1 Å². The van der Waals surface area contributed by atoms with E-state index in [2.05, 4.69) is 163 Å². The van der Waals surface area contributed by atoms with Crippen molar-refractivity contribution in [2.75, 3.05) is 0 Å². The van der Waals surface area contributed by atoms with Gasteiger partial charge in [0.15, 0.2) is 0 Å². The number of hydrogen-bond donors (Lipinski definition) is 0. The third kappa shape index (κ3) is 6.72. The number of ether oxygens (including phenoxy) is 2. The van der Waals surface area contributed by atoms with E-state index in [1.54, 1.807) is 16.7 Å². The fraction of sp³-hybridized carbons (Fsp3) is 0.310. The Kier molecular flexibility index (Phi) is 9.46. The van der Waals surface area contributed by atoms with Gasteiger partial charge in [0, 0.05) is 40.6 Å². The molecule has 2 heterocycles. The van der Waals surface area contributed by atoms with Gasteiger partial charge in [-0.3, -0.25) is 0 Å². The summed E-state index contributed by atoms with van der Waals surface area (Å²) in [5.41, 5.74) is 17.3. The Bertz CT molecular complexity index is 2590. The summed E-state index contributed by atoms with van der Waals surface area (Å²) < 4.78 is 13.2. The Hall–Kier alpha value is -5.80. The minimum Gasteiger partial charge on any atom is -0.485 e. The molecule has 0 aromatic heterocycles. The maximum absolute atomic E-state index is 6.71.